The summed E-state index contributed by atoms with van der Waals surface area (Å²) < 4.78 is 1.20. The molecule has 0 radical (unpaired) electrons. The number of unbranched alkanes of at least 4 members (excludes halogenated alkanes) is 2. The lowest BCUT2D eigenvalue weighted by Crippen LogP contribution is -2.32. The number of nitrogens with one attached hydrogen (secondary N) is 1. The van der Waals surface area contributed by atoms with Gasteiger partial charge in [0.1, 0.15) is 5.56 Å². The number of rotatable bonds is 7. The van der Waals surface area contributed by atoms with Gasteiger partial charge >= 0.3 is 0 Å². The predicted molar refractivity (Wildman–Crippen MR) is 92.4 cm³/mol. The Morgan fingerprint density at radius 3 is 2.79 bits per heavy atom. The Morgan fingerprint density at radius 2 is 2.12 bits per heavy atom. The molecule has 24 heavy (non-hydrogen) atoms. The molecule has 7 heteroatoms. The Morgan fingerprint density at radius 1 is 1.38 bits per heavy atom. The molecule has 0 aliphatic carbocycles. The molecule has 2 rings (SSSR count). The van der Waals surface area contributed by atoms with Crippen LogP contribution in [-0.4, -0.2) is 45.9 Å². The number of carbonyl (C=O) groups is 1. The van der Waals surface area contributed by atoms with E-state index >= 15 is 0 Å². The first-order valence-electron chi connectivity index (χ1n) is 8.10. The van der Waals surface area contributed by atoms with Crippen molar-refractivity contribution in [3.63, 3.8) is 0 Å². The number of amides is 1. The molecule has 0 unspecified atom stereocenters. The first kappa shape index (κ1) is 17.9. The molecule has 0 saturated heterocycles. The van der Waals surface area contributed by atoms with Gasteiger partial charge in [-0.15, -0.1) is 0 Å². The van der Waals surface area contributed by atoms with Crippen LogP contribution in [0.1, 0.15) is 42.1 Å². The molecule has 2 N–H and O–H groups in total. The first-order chi connectivity index (χ1) is 11.5. The Bertz CT molecular complexity index is 783. The Labute approximate surface area is 140 Å². The molecule has 0 aliphatic rings. The van der Waals surface area contributed by atoms with Crippen molar-refractivity contribution in [2.75, 3.05) is 20.6 Å². The molecular formula is C17H24N4O3. The topological polar surface area (TPSA) is 86.9 Å². The van der Waals surface area contributed by atoms with Gasteiger partial charge in [0, 0.05) is 31.0 Å². The highest BCUT2D eigenvalue weighted by atomic mass is 16.3. The van der Waals surface area contributed by atoms with Gasteiger partial charge in [-0.1, -0.05) is 19.8 Å². The number of fused-ring (bicyclic) bond motifs is 1. The fourth-order valence-electron chi connectivity index (χ4n) is 2.47. The van der Waals surface area contributed by atoms with Gasteiger partial charge in [-0.2, -0.15) is 0 Å². The standard InChI is InChI=1S/C17H24N4O3/c1-4-5-6-8-18-16(23)13-10-19-15-14(22)12(11-20(2)3)7-9-21(15)17(13)24/h7,9-10,22H,4-6,8,11H2,1-3H3,(H,18,23). The largest absolute Gasteiger partial charge is 0.504 e. The normalized spacial score (nSPS) is 11.2. The number of hydrogen-bond acceptors (Lipinski definition) is 5. The maximum absolute atomic E-state index is 12.5. The van der Waals surface area contributed by atoms with Gasteiger partial charge in [0.15, 0.2) is 11.4 Å². The van der Waals surface area contributed by atoms with Crippen molar-refractivity contribution in [2.45, 2.75) is 32.7 Å². The van der Waals surface area contributed by atoms with Gasteiger partial charge in [0.25, 0.3) is 11.5 Å². The molecule has 0 aliphatic heterocycles. The van der Waals surface area contributed by atoms with Gasteiger partial charge in [-0.05, 0) is 26.6 Å². The molecule has 1 amide bonds. The van der Waals surface area contributed by atoms with Crippen LogP contribution < -0.4 is 10.9 Å². The molecular weight excluding hydrogens is 308 g/mol. The maximum atomic E-state index is 12.5. The van der Waals surface area contributed by atoms with E-state index in [4.69, 9.17) is 0 Å². The summed E-state index contributed by atoms with van der Waals surface area (Å²) in [7, 11) is 3.77. The molecule has 0 aromatic carbocycles. The van der Waals surface area contributed by atoms with Crippen LogP contribution in [0.2, 0.25) is 0 Å². The van der Waals surface area contributed by atoms with Crippen LogP contribution in [0.15, 0.2) is 23.3 Å². The van der Waals surface area contributed by atoms with Crippen LogP contribution in [0.5, 0.6) is 5.75 Å². The number of pyridine rings is 1. The van der Waals surface area contributed by atoms with Gasteiger partial charge in [0.05, 0.1) is 0 Å². The van der Waals surface area contributed by atoms with Gasteiger partial charge in [0.2, 0.25) is 0 Å². The second kappa shape index (κ2) is 7.92. The van der Waals surface area contributed by atoms with Crippen molar-refractivity contribution in [1.29, 1.82) is 0 Å². The third-order valence-corrected chi connectivity index (χ3v) is 3.73. The summed E-state index contributed by atoms with van der Waals surface area (Å²) in [5.41, 5.74) is 0.314. The quantitative estimate of drug-likeness (QED) is 0.748. The lowest BCUT2D eigenvalue weighted by molar-refractivity contribution is 0.0951. The highest BCUT2D eigenvalue weighted by Crippen LogP contribution is 2.21. The van der Waals surface area contributed by atoms with Crippen molar-refractivity contribution in [1.82, 2.24) is 19.6 Å². The van der Waals surface area contributed by atoms with E-state index in [0.717, 1.165) is 19.3 Å². The molecule has 0 fully saturated rings. The van der Waals surface area contributed by atoms with Crippen molar-refractivity contribution < 1.29 is 9.90 Å². The molecule has 0 bridgehead atoms. The van der Waals surface area contributed by atoms with E-state index in [2.05, 4.69) is 17.2 Å². The fourth-order valence-corrected chi connectivity index (χ4v) is 2.47. The van der Waals surface area contributed by atoms with E-state index < -0.39 is 11.5 Å². The molecule has 2 aromatic rings. The van der Waals surface area contributed by atoms with Crippen molar-refractivity contribution in [3.8, 4) is 5.75 Å². The van der Waals surface area contributed by atoms with E-state index in [-0.39, 0.29) is 17.0 Å². The number of nitrogens with zero attached hydrogens (tertiary/aromatic N) is 3. The van der Waals surface area contributed by atoms with E-state index in [1.165, 1.54) is 16.8 Å². The van der Waals surface area contributed by atoms with Crippen LogP contribution in [0.3, 0.4) is 0 Å². The summed E-state index contributed by atoms with van der Waals surface area (Å²) >= 11 is 0. The maximum Gasteiger partial charge on any atom is 0.270 e. The van der Waals surface area contributed by atoms with Crippen molar-refractivity contribution in [2.24, 2.45) is 0 Å². The smallest absolute Gasteiger partial charge is 0.270 e. The van der Waals surface area contributed by atoms with Gasteiger partial charge < -0.3 is 15.3 Å². The minimum atomic E-state index is -0.486. The zero-order valence-electron chi connectivity index (χ0n) is 14.4. The lowest BCUT2D eigenvalue weighted by atomic mass is 10.2. The summed E-state index contributed by atoms with van der Waals surface area (Å²) in [4.78, 5) is 30.6. The predicted octanol–water partition coefficient (Wildman–Crippen LogP) is 1.38. The number of aromatic nitrogens is 2. The van der Waals surface area contributed by atoms with E-state index in [9.17, 15) is 14.7 Å². The second-order valence-electron chi connectivity index (χ2n) is 6.06. The molecule has 2 aromatic heterocycles. The summed E-state index contributed by atoms with van der Waals surface area (Å²) in [6.07, 6.45) is 5.73. The van der Waals surface area contributed by atoms with E-state index in [1.54, 1.807) is 6.07 Å². The number of hydrogen-bond donors (Lipinski definition) is 2. The number of aromatic hydroxyl groups is 1. The molecule has 2 heterocycles. The molecule has 0 atom stereocenters. The highest BCUT2D eigenvalue weighted by molar-refractivity contribution is 5.93. The van der Waals surface area contributed by atoms with E-state index in [0.29, 0.717) is 18.7 Å². The monoisotopic (exact) mass is 332 g/mol. The van der Waals surface area contributed by atoms with E-state index in [1.807, 2.05) is 19.0 Å². The van der Waals surface area contributed by atoms with Crippen LogP contribution >= 0.6 is 0 Å². The zero-order valence-corrected chi connectivity index (χ0v) is 14.4. The Kier molecular flexibility index (Phi) is 5.92. The summed E-state index contributed by atoms with van der Waals surface area (Å²) in [6, 6.07) is 1.66. The summed E-state index contributed by atoms with van der Waals surface area (Å²) in [6.45, 7) is 3.14. The third kappa shape index (κ3) is 3.91. The minimum Gasteiger partial charge on any atom is -0.504 e. The van der Waals surface area contributed by atoms with Crippen molar-refractivity contribution in [3.05, 3.63) is 39.9 Å². The molecule has 0 spiro atoms. The van der Waals surface area contributed by atoms with Crippen LogP contribution in [0.25, 0.3) is 5.65 Å². The molecule has 0 saturated carbocycles. The van der Waals surface area contributed by atoms with Crippen molar-refractivity contribution >= 4 is 11.6 Å². The fraction of sp³-hybridized carbons (Fsp3) is 0.471. The van der Waals surface area contributed by atoms with Crippen LogP contribution in [0.4, 0.5) is 0 Å². The van der Waals surface area contributed by atoms with Gasteiger partial charge in [-0.3, -0.25) is 14.0 Å². The summed E-state index contributed by atoms with van der Waals surface area (Å²) in [5, 5.41) is 13.0. The molecule has 130 valence electrons. The Hall–Kier alpha value is -2.41. The SMILES string of the molecule is CCCCCNC(=O)c1cnc2c(O)c(CN(C)C)ccn2c1=O. The van der Waals surface area contributed by atoms with Gasteiger partial charge in [-0.25, -0.2) is 4.98 Å². The Balaban J connectivity index is 2.31. The lowest BCUT2D eigenvalue weighted by Gasteiger charge is -2.13. The second-order valence-corrected chi connectivity index (χ2v) is 6.06. The summed E-state index contributed by atoms with van der Waals surface area (Å²) in [5.74, 6) is -0.479. The average Bonchev–Trinajstić information content (AvgIpc) is 2.54. The van der Waals surface area contributed by atoms with Crippen LogP contribution in [-0.2, 0) is 6.54 Å². The minimum absolute atomic E-state index is 0.0243. The highest BCUT2D eigenvalue weighted by Gasteiger charge is 2.16. The first-order valence-corrected chi connectivity index (χ1v) is 8.10. The number of carbonyl (C=O) groups excluding carboxylic acids is 1. The van der Waals surface area contributed by atoms with Crippen LogP contribution in [0, 0.1) is 0 Å². The molecule has 7 nitrogen and oxygen atoms in total. The average molecular weight is 332 g/mol. The third-order valence-electron chi connectivity index (χ3n) is 3.73. The zero-order chi connectivity index (χ0) is 17.7.